The van der Waals surface area contributed by atoms with E-state index in [1.807, 2.05) is 6.20 Å². The Morgan fingerprint density at radius 3 is 2.94 bits per heavy atom. The number of aromatic nitrogens is 1. The number of pyridine rings is 1. The summed E-state index contributed by atoms with van der Waals surface area (Å²) in [5.74, 6) is 0.247. The Bertz CT molecular complexity index is 354. The molecular formula is C14H21FN2. The molecule has 1 fully saturated rings. The molecule has 2 rings (SSSR count). The van der Waals surface area contributed by atoms with Crippen molar-refractivity contribution >= 4 is 0 Å². The van der Waals surface area contributed by atoms with Crippen LogP contribution in [-0.4, -0.2) is 17.6 Å². The van der Waals surface area contributed by atoms with Gasteiger partial charge in [-0.2, -0.15) is 0 Å². The average molecular weight is 236 g/mol. The van der Waals surface area contributed by atoms with E-state index in [0.717, 1.165) is 24.9 Å². The van der Waals surface area contributed by atoms with E-state index in [-0.39, 0.29) is 5.82 Å². The van der Waals surface area contributed by atoms with Gasteiger partial charge in [0, 0.05) is 12.2 Å². The molecule has 0 radical (unpaired) electrons. The number of halogens is 1. The van der Waals surface area contributed by atoms with Crippen LogP contribution in [0.4, 0.5) is 4.39 Å². The fraction of sp³-hybridized carbons (Fsp3) is 0.643. The van der Waals surface area contributed by atoms with E-state index in [2.05, 4.69) is 17.2 Å². The fourth-order valence-electron chi connectivity index (χ4n) is 2.79. The molecule has 0 aliphatic heterocycles. The van der Waals surface area contributed by atoms with Crippen molar-refractivity contribution in [2.24, 2.45) is 0 Å². The maximum Gasteiger partial charge on any atom is 0.141 e. The lowest BCUT2D eigenvalue weighted by Gasteiger charge is -2.20. The molecule has 1 N–H and O–H groups in total. The van der Waals surface area contributed by atoms with Crippen LogP contribution in [0.15, 0.2) is 18.5 Å². The summed E-state index contributed by atoms with van der Waals surface area (Å²) in [6.45, 7) is 3.16. The molecule has 1 aliphatic rings. The Kier molecular flexibility index (Phi) is 4.49. The summed E-state index contributed by atoms with van der Waals surface area (Å²) >= 11 is 0. The molecule has 17 heavy (non-hydrogen) atoms. The number of hydrogen-bond donors (Lipinski definition) is 1. The normalized spacial score (nSPS) is 25.5. The van der Waals surface area contributed by atoms with Crippen molar-refractivity contribution in [2.75, 3.05) is 6.54 Å². The van der Waals surface area contributed by atoms with Crippen molar-refractivity contribution in [3.05, 3.63) is 29.8 Å². The highest BCUT2D eigenvalue weighted by atomic mass is 19.1. The summed E-state index contributed by atoms with van der Waals surface area (Å²) in [7, 11) is 0. The maximum absolute atomic E-state index is 13.2. The predicted molar refractivity (Wildman–Crippen MR) is 67.5 cm³/mol. The minimum atomic E-state index is -0.216. The van der Waals surface area contributed by atoms with Gasteiger partial charge in [-0.15, -0.1) is 0 Å². The average Bonchev–Trinajstić information content (AvgIpc) is 2.55. The number of nitrogens with one attached hydrogen (secondary N) is 1. The molecule has 2 unspecified atom stereocenters. The zero-order valence-corrected chi connectivity index (χ0v) is 10.5. The molecule has 1 aromatic heterocycles. The van der Waals surface area contributed by atoms with Crippen LogP contribution < -0.4 is 5.32 Å². The van der Waals surface area contributed by atoms with Crippen molar-refractivity contribution in [1.29, 1.82) is 0 Å². The second-order valence-electron chi connectivity index (χ2n) is 4.91. The van der Waals surface area contributed by atoms with E-state index in [1.165, 1.54) is 25.5 Å². The summed E-state index contributed by atoms with van der Waals surface area (Å²) in [5, 5.41) is 3.52. The predicted octanol–water partition coefficient (Wildman–Crippen LogP) is 3.25. The van der Waals surface area contributed by atoms with Crippen molar-refractivity contribution < 1.29 is 4.39 Å². The minimum absolute atomic E-state index is 0.216. The number of nitrogens with zero attached hydrogens (tertiary/aromatic N) is 1. The Morgan fingerprint density at radius 2 is 2.18 bits per heavy atom. The highest BCUT2D eigenvalue weighted by Gasteiger charge is 2.21. The quantitative estimate of drug-likeness (QED) is 0.815. The van der Waals surface area contributed by atoms with Gasteiger partial charge in [0.1, 0.15) is 5.82 Å². The Hall–Kier alpha value is -0.960. The van der Waals surface area contributed by atoms with Crippen LogP contribution in [-0.2, 0) is 0 Å². The van der Waals surface area contributed by atoms with Crippen molar-refractivity contribution in [2.45, 2.75) is 51.0 Å². The van der Waals surface area contributed by atoms with Gasteiger partial charge in [-0.25, -0.2) is 4.39 Å². The van der Waals surface area contributed by atoms with Gasteiger partial charge in [0.2, 0.25) is 0 Å². The molecule has 0 bridgehead atoms. The first-order valence-corrected chi connectivity index (χ1v) is 6.63. The standard InChI is InChI=1S/C14H21FN2/c1-2-17-14-6-4-3-5-11(8-14)12-7-13(15)10-16-9-12/h7,9-11,14,17H,2-6,8H2,1H3. The molecule has 3 heteroatoms. The SMILES string of the molecule is CCNC1CCCCC(c2cncc(F)c2)C1. The third kappa shape index (κ3) is 3.50. The highest BCUT2D eigenvalue weighted by molar-refractivity contribution is 5.16. The molecule has 0 saturated heterocycles. The molecule has 0 spiro atoms. The molecule has 0 aromatic carbocycles. The molecule has 0 amide bonds. The van der Waals surface area contributed by atoms with Gasteiger partial charge in [0.25, 0.3) is 0 Å². The molecule has 94 valence electrons. The maximum atomic E-state index is 13.2. The molecule has 1 aromatic rings. The third-order valence-electron chi connectivity index (χ3n) is 3.61. The first kappa shape index (κ1) is 12.5. The van der Waals surface area contributed by atoms with Gasteiger partial charge < -0.3 is 5.32 Å². The van der Waals surface area contributed by atoms with Crippen LogP contribution >= 0.6 is 0 Å². The van der Waals surface area contributed by atoms with E-state index in [0.29, 0.717) is 12.0 Å². The Labute approximate surface area is 103 Å². The van der Waals surface area contributed by atoms with Crippen LogP contribution in [0.2, 0.25) is 0 Å². The molecule has 1 heterocycles. The van der Waals surface area contributed by atoms with Gasteiger partial charge >= 0.3 is 0 Å². The second-order valence-corrected chi connectivity index (χ2v) is 4.91. The van der Waals surface area contributed by atoms with Crippen LogP contribution in [0.25, 0.3) is 0 Å². The number of rotatable bonds is 3. The lowest BCUT2D eigenvalue weighted by molar-refractivity contribution is 0.448. The lowest BCUT2D eigenvalue weighted by atomic mass is 9.91. The lowest BCUT2D eigenvalue weighted by Crippen LogP contribution is -2.29. The molecule has 2 nitrogen and oxygen atoms in total. The van der Waals surface area contributed by atoms with Crippen LogP contribution in [0.3, 0.4) is 0 Å². The largest absolute Gasteiger partial charge is 0.314 e. The zero-order valence-electron chi connectivity index (χ0n) is 10.5. The summed E-state index contributed by atoms with van der Waals surface area (Å²) in [6.07, 6.45) is 9.13. The van der Waals surface area contributed by atoms with Crippen LogP contribution in [0, 0.1) is 5.82 Å². The Morgan fingerprint density at radius 1 is 1.35 bits per heavy atom. The van der Waals surface area contributed by atoms with Crippen molar-refractivity contribution in [3.8, 4) is 0 Å². The molecule has 1 aliphatic carbocycles. The monoisotopic (exact) mass is 236 g/mol. The van der Waals surface area contributed by atoms with Gasteiger partial charge in [-0.05, 0) is 43.4 Å². The fourth-order valence-corrected chi connectivity index (χ4v) is 2.79. The molecular weight excluding hydrogens is 215 g/mol. The summed E-state index contributed by atoms with van der Waals surface area (Å²) < 4.78 is 13.2. The van der Waals surface area contributed by atoms with Crippen molar-refractivity contribution in [1.82, 2.24) is 10.3 Å². The first-order chi connectivity index (χ1) is 8.29. The van der Waals surface area contributed by atoms with E-state index in [1.54, 1.807) is 6.07 Å². The van der Waals surface area contributed by atoms with E-state index >= 15 is 0 Å². The van der Waals surface area contributed by atoms with Gasteiger partial charge in [-0.1, -0.05) is 19.8 Å². The third-order valence-corrected chi connectivity index (χ3v) is 3.61. The zero-order chi connectivity index (χ0) is 12.1. The molecule has 1 saturated carbocycles. The van der Waals surface area contributed by atoms with E-state index in [4.69, 9.17) is 0 Å². The first-order valence-electron chi connectivity index (χ1n) is 6.63. The summed E-state index contributed by atoms with van der Waals surface area (Å²) in [6, 6.07) is 2.22. The minimum Gasteiger partial charge on any atom is -0.314 e. The van der Waals surface area contributed by atoms with Gasteiger partial charge in [-0.3, -0.25) is 4.98 Å². The van der Waals surface area contributed by atoms with E-state index < -0.39 is 0 Å². The number of hydrogen-bond acceptors (Lipinski definition) is 2. The second kappa shape index (κ2) is 6.10. The topological polar surface area (TPSA) is 24.9 Å². The molecule has 2 atom stereocenters. The van der Waals surface area contributed by atoms with Gasteiger partial charge in [0.15, 0.2) is 0 Å². The Balaban J connectivity index is 2.08. The van der Waals surface area contributed by atoms with Crippen LogP contribution in [0.1, 0.15) is 50.5 Å². The smallest absolute Gasteiger partial charge is 0.141 e. The van der Waals surface area contributed by atoms with Gasteiger partial charge in [0.05, 0.1) is 6.20 Å². The van der Waals surface area contributed by atoms with Crippen molar-refractivity contribution in [3.63, 3.8) is 0 Å². The summed E-state index contributed by atoms with van der Waals surface area (Å²) in [4.78, 5) is 3.97. The summed E-state index contributed by atoms with van der Waals surface area (Å²) in [5.41, 5.74) is 1.06. The van der Waals surface area contributed by atoms with E-state index in [9.17, 15) is 4.39 Å². The van der Waals surface area contributed by atoms with Crippen LogP contribution in [0.5, 0.6) is 0 Å². The highest BCUT2D eigenvalue weighted by Crippen LogP contribution is 2.31.